The molecule has 0 aliphatic heterocycles. The van der Waals surface area contributed by atoms with Gasteiger partial charge in [0.1, 0.15) is 0 Å². The zero-order chi connectivity index (χ0) is 14.6. The third-order valence-electron chi connectivity index (χ3n) is 2.62. The summed E-state index contributed by atoms with van der Waals surface area (Å²) >= 11 is 0. The fourth-order valence-electron chi connectivity index (χ4n) is 1.41. The number of nitrogens with zero attached hydrogens (tertiary/aromatic N) is 2. The fourth-order valence-corrected chi connectivity index (χ4v) is 2.59. The molecular formula is C11H16N2O5S. The molecule has 0 saturated carbocycles. The predicted molar refractivity (Wildman–Crippen MR) is 69.2 cm³/mol. The lowest BCUT2D eigenvalue weighted by atomic mass is 10.3. The van der Waals surface area contributed by atoms with Gasteiger partial charge in [-0.3, -0.25) is 10.1 Å². The van der Waals surface area contributed by atoms with Gasteiger partial charge in [0.15, 0.2) is 0 Å². The Balaban J connectivity index is 2.90. The molecule has 0 amide bonds. The first-order chi connectivity index (χ1) is 8.75. The highest BCUT2D eigenvalue weighted by atomic mass is 32.2. The molecule has 19 heavy (non-hydrogen) atoms. The molecule has 0 heterocycles. The Bertz CT molecular complexity index is 539. The zero-order valence-electron chi connectivity index (χ0n) is 10.7. The van der Waals surface area contributed by atoms with Crippen LogP contribution in [0.15, 0.2) is 29.2 Å². The second kappa shape index (κ2) is 6.09. The van der Waals surface area contributed by atoms with Gasteiger partial charge in [0.2, 0.25) is 10.0 Å². The van der Waals surface area contributed by atoms with Gasteiger partial charge in [0.05, 0.1) is 15.9 Å². The van der Waals surface area contributed by atoms with E-state index in [1.54, 1.807) is 6.92 Å². The molecule has 0 radical (unpaired) electrons. The van der Waals surface area contributed by atoms with Crippen molar-refractivity contribution in [3.8, 4) is 0 Å². The van der Waals surface area contributed by atoms with Crippen LogP contribution >= 0.6 is 0 Å². The molecule has 1 N–H and O–H groups in total. The second-order valence-electron chi connectivity index (χ2n) is 4.22. The molecular weight excluding hydrogens is 272 g/mol. The molecule has 1 aromatic carbocycles. The fraction of sp³-hybridized carbons (Fsp3) is 0.455. The van der Waals surface area contributed by atoms with Gasteiger partial charge in [-0.25, -0.2) is 12.7 Å². The Kier molecular flexibility index (Phi) is 4.98. The third-order valence-corrected chi connectivity index (χ3v) is 4.49. The van der Waals surface area contributed by atoms with Crippen molar-refractivity contribution in [2.24, 2.45) is 0 Å². The summed E-state index contributed by atoms with van der Waals surface area (Å²) in [7, 11) is -2.28. The van der Waals surface area contributed by atoms with E-state index < -0.39 is 21.1 Å². The molecule has 1 unspecified atom stereocenters. The lowest BCUT2D eigenvalue weighted by Gasteiger charge is -2.17. The third kappa shape index (κ3) is 3.98. The Hall–Kier alpha value is -1.51. The summed E-state index contributed by atoms with van der Waals surface area (Å²) in [5.74, 6) is 0. The maximum absolute atomic E-state index is 12.1. The van der Waals surface area contributed by atoms with E-state index in [9.17, 15) is 18.5 Å². The lowest BCUT2D eigenvalue weighted by Crippen LogP contribution is -2.29. The SMILES string of the molecule is CC(O)CCN(C)S(=O)(=O)c1ccc([N+](=O)[O-])cc1. The number of nitro groups is 1. The van der Waals surface area contributed by atoms with Crippen molar-refractivity contribution in [3.63, 3.8) is 0 Å². The minimum atomic E-state index is -3.68. The van der Waals surface area contributed by atoms with Crippen LogP contribution in [0.2, 0.25) is 0 Å². The largest absolute Gasteiger partial charge is 0.393 e. The Morgan fingerprint density at radius 2 is 1.89 bits per heavy atom. The van der Waals surface area contributed by atoms with Gasteiger partial charge in [-0.15, -0.1) is 0 Å². The van der Waals surface area contributed by atoms with E-state index in [4.69, 9.17) is 5.11 Å². The standard InChI is InChI=1S/C11H16N2O5S/c1-9(14)7-8-12(2)19(17,18)11-5-3-10(4-6-11)13(15)16/h3-6,9,14H,7-8H2,1-2H3. The van der Waals surface area contributed by atoms with Crippen LogP contribution in [0.1, 0.15) is 13.3 Å². The van der Waals surface area contributed by atoms with Crippen LogP contribution in [0.5, 0.6) is 0 Å². The van der Waals surface area contributed by atoms with Gasteiger partial charge < -0.3 is 5.11 Å². The monoisotopic (exact) mass is 288 g/mol. The first kappa shape index (κ1) is 15.5. The number of sulfonamides is 1. The van der Waals surface area contributed by atoms with Crippen LogP contribution in [-0.2, 0) is 10.0 Å². The average Bonchev–Trinajstić information content (AvgIpc) is 2.35. The van der Waals surface area contributed by atoms with Gasteiger partial charge in [0, 0.05) is 25.7 Å². The van der Waals surface area contributed by atoms with Crippen molar-refractivity contribution in [2.45, 2.75) is 24.3 Å². The molecule has 0 spiro atoms. The molecule has 106 valence electrons. The smallest absolute Gasteiger partial charge is 0.269 e. The van der Waals surface area contributed by atoms with Crippen LogP contribution in [0, 0.1) is 10.1 Å². The normalized spacial score (nSPS) is 13.5. The molecule has 0 saturated heterocycles. The number of aliphatic hydroxyl groups excluding tert-OH is 1. The van der Waals surface area contributed by atoms with Gasteiger partial charge >= 0.3 is 0 Å². The molecule has 0 aliphatic carbocycles. The first-order valence-electron chi connectivity index (χ1n) is 5.64. The van der Waals surface area contributed by atoms with E-state index in [1.807, 2.05) is 0 Å². The predicted octanol–water partition coefficient (Wildman–Crippen LogP) is 0.986. The van der Waals surface area contributed by atoms with E-state index in [-0.39, 0.29) is 17.1 Å². The summed E-state index contributed by atoms with van der Waals surface area (Å²) in [5.41, 5.74) is -0.161. The second-order valence-corrected chi connectivity index (χ2v) is 6.26. The van der Waals surface area contributed by atoms with Gasteiger partial charge in [-0.2, -0.15) is 0 Å². The molecule has 7 nitrogen and oxygen atoms in total. The summed E-state index contributed by atoms with van der Waals surface area (Å²) < 4.78 is 25.3. The lowest BCUT2D eigenvalue weighted by molar-refractivity contribution is -0.384. The number of rotatable bonds is 6. The summed E-state index contributed by atoms with van der Waals surface area (Å²) in [6.07, 6.45) is -0.266. The van der Waals surface area contributed by atoms with Crippen molar-refractivity contribution < 1.29 is 18.4 Å². The van der Waals surface area contributed by atoms with E-state index in [2.05, 4.69) is 0 Å². The Morgan fingerprint density at radius 3 is 2.32 bits per heavy atom. The van der Waals surface area contributed by atoms with Gasteiger partial charge in [-0.05, 0) is 25.5 Å². The van der Waals surface area contributed by atoms with Crippen LogP contribution < -0.4 is 0 Å². The number of benzene rings is 1. The summed E-state index contributed by atoms with van der Waals surface area (Å²) in [6.45, 7) is 1.75. The van der Waals surface area contributed by atoms with E-state index >= 15 is 0 Å². The van der Waals surface area contributed by atoms with Crippen molar-refractivity contribution in [2.75, 3.05) is 13.6 Å². The first-order valence-corrected chi connectivity index (χ1v) is 7.08. The minimum Gasteiger partial charge on any atom is -0.393 e. The maximum atomic E-state index is 12.1. The highest BCUT2D eigenvalue weighted by Crippen LogP contribution is 2.18. The van der Waals surface area contributed by atoms with E-state index in [0.29, 0.717) is 6.42 Å². The maximum Gasteiger partial charge on any atom is 0.269 e. The minimum absolute atomic E-state index is 0.00815. The van der Waals surface area contributed by atoms with Crippen molar-refractivity contribution in [3.05, 3.63) is 34.4 Å². The molecule has 0 aromatic heterocycles. The quantitative estimate of drug-likeness (QED) is 0.621. The van der Waals surface area contributed by atoms with Crippen LogP contribution in [0.25, 0.3) is 0 Å². The summed E-state index contributed by atoms with van der Waals surface area (Å²) in [4.78, 5) is 9.89. The number of non-ortho nitro benzene ring substituents is 1. The van der Waals surface area contributed by atoms with Crippen LogP contribution in [0.3, 0.4) is 0 Å². The van der Waals surface area contributed by atoms with E-state index in [1.165, 1.54) is 19.2 Å². The molecule has 0 aliphatic rings. The zero-order valence-corrected chi connectivity index (χ0v) is 11.5. The molecule has 0 bridgehead atoms. The highest BCUT2D eigenvalue weighted by Gasteiger charge is 2.21. The number of aliphatic hydroxyl groups is 1. The topological polar surface area (TPSA) is 101 Å². The molecule has 8 heteroatoms. The Morgan fingerprint density at radius 1 is 1.37 bits per heavy atom. The number of hydrogen-bond acceptors (Lipinski definition) is 5. The molecule has 1 aromatic rings. The van der Waals surface area contributed by atoms with Crippen LogP contribution in [0.4, 0.5) is 5.69 Å². The molecule has 1 atom stereocenters. The average molecular weight is 288 g/mol. The highest BCUT2D eigenvalue weighted by molar-refractivity contribution is 7.89. The number of nitro benzene ring substituents is 1. The molecule has 1 rings (SSSR count). The van der Waals surface area contributed by atoms with Crippen LogP contribution in [-0.4, -0.2) is 42.4 Å². The van der Waals surface area contributed by atoms with E-state index in [0.717, 1.165) is 16.4 Å². The van der Waals surface area contributed by atoms with Crippen molar-refractivity contribution >= 4 is 15.7 Å². The van der Waals surface area contributed by atoms with Crippen molar-refractivity contribution in [1.29, 1.82) is 0 Å². The Labute approximate surface area is 111 Å². The summed E-state index contributed by atoms with van der Waals surface area (Å²) in [5, 5.41) is 19.6. The summed E-state index contributed by atoms with van der Waals surface area (Å²) in [6, 6.07) is 4.70. The van der Waals surface area contributed by atoms with Gasteiger partial charge in [0.25, 0.3) is 5.69 Å². The molecule has 0 fully saturated rings. The number of hydrogen-bond donors (Lipinski definition) is 1. The van der Waals surface area contributed by atoms with Gasteiger partial charge in [-0.1, -0.05) is 0 Å². The van der Waals surface area contributed by atoms with Crippen molar-refractivity contribution in [1.82, 2.24) is 4.31 Å².